The summed E-state index contributed by atoms with van der Waals surface area (Å²) in [5.74, 6) is -0.868. The van der Waals surface area contributed by atoms with Gasteiger partial charge in [-0.25, -0.2) is 4.79 Å². The molecule has 1 aliphatic rings. The molecule has 1 saturated heterocycles. The lowest BCUT2D eigenvalue weighted by molar-refractivity contribution is -0.137. The minimum atomic E-state index is -0.868. The van der Waals surface area contributed by atoms with Crippen molar-refractivity contribution in [2.45, 2.75) is 50.3 Å². The molecule has 6 heteroatoms. The molecular weight excluding hydrogens is 320 g/mol. The number of ether oxygens (including phenoxy) is 1. The highest BCUT2D eigenvalue weighted by Gasteiger charge is 2.25. The first-order valence-electron chi connectivity index (χ1n) is 8.65. The fourth-order valence-electron chi connectivity index (χ4n) is 3.01. The van der Waals surface area contributed by atoms with Crippen LogP contribution in [-0.4, -0.2) is 41.9 Å². The summed E-state index contributed by atoms with van der Waals surface area (Å²) in [5.41, 5.74) is 1.06. The Labute approximate surface area is 148 Å². The Morgan fingerprint density at radius 2 is 2.12 bits per heavy atom. The number of carboxylic acid groups (broad SMARTS) is 1. The van der Waals surface area contributed by atoms with Crippen molar-refractivity contribution in [3.63, 3.8) is 0 Å². The van der Waals surface area contributed by atoms with Crippen LogP contribution < -0.4 is 10.6 Å². The molecule has 0 spiro atoms. The van der Waals surface area contributed by atoms with E-state index in [0.717, 1.165) is 18.4 Å². The molecule has 2 rings (SSSR count). The van der Waals surface area contributed by atoms with Crippen molar-refractivity contribution >= 4 is 12.0 Å². The molecule has 25 heavy (non-hydrogen) atoms. The van der Waals surface area contributed by atoms with E-state index in [9.17, 15) is 9.59 Å². The molecule has 1 aromatic carbocycles. The van der Waals surface area contributed by atoms with Gasteiger partial charge in [0.05, 0.1) is 12.1 Å². The van der Waals surface area contributed by atoms with Gasteiger partial charge in [0.25, 0.3) is 0 Å². The van der Waals surface area contributed by atoms with Crippen LogP contribution in [0.2, 0.25) is 0 Å². The van der Waals surface area contributed by atoms with E-state index in [0.29, 0.717) is 19.4 Å². The van der Waals surface area contributed by atoms with Crippen molar-refractivity contribution in [1.82, 2.24) is 10.6 Å². The number of benzene rings is 1. The molecule has 0 saturated carbocycles. The summed E-state index contributed by atoms with van der Waals surface area (Å²) in [6.07, 6.45) is 4.23. The molecule has 1 unspecified atom stereocenters. The van der Waals surface area contributed by atoms with E-state index < -0.39 is 5.97 Å². The SMILES string of the molecule is C=C[C@@H]1OCCC[C@H]1NC(=O)NC(CCC(=O)O)Cc1ccccc1. The number of aliphatic carboxylic acids is 1. The van der Waals surface area contributed by atoms with Gasteiger partial charge in [0.2, 0.25) is 0 Å². The Morgan fingerprint density at radius 3 is 2.80 bits per heavy atom. The van der Waals surface area contributed by atoms with Gasteiger partial charge >= 0.3 is 12.0 Å². The monoisotopic (exact) mass is 346 g/mol. The summed E-state index contributed by atoms with van der Waals surface area (Å²) in [4.78, 5) is 23.2. The van der Waals surface area contributed by atoms with Gasteiger partial charge in [0, 0.05) is 19.1 Å². The molecule has 0 bridgehead atoms. The molecule has 1 aliphatic heterocycles. The zero-order valence-electron chi connectivity index (χ0n) is 14.3. The molecular formula is C19H26N2O4. The van der Waals surface area contributed by atoms with Crippen LogP contribution >= 0.6 is 0 Å². The van der Waals surface area contributed by atoms with Crippen LogP contribution in [0.4, 0.5) is 4.79 Å². The molecule has 136 valence electrons. The lowest BCUT2D eigenvalue weighted by Gasteiger charge is -2.31. The first kappa shape index (κ1) is 19.0. The van der Waals surface area contributed by atoms with Gasteiger partial charge in [-0.3, -0.25) is 4.79 Å². The maximum absolute atomic E-state index is 12.4. The van der Waals surface area contributed by atoms with Crippen LogP contribution in [0, 0.1) is 0 Å². The first-order valence-corrected chi connectivity index (χ1v) is 8.65. The summed E-state index contributed by atoms with van der Waals surface area (Å²) in [6, 6.07) is 9.07. The second kappa shape index (κ2) is 9.84. The van der Waals surface area contributed by atoms with Crippen LogP contribution in [0.15, 0.2) is 43.0 Å². The third-order valence-electron chi connectivity index (χ3n) is 4.28. The molecule has 0 aliphatic carbocycles. The maximum atomic E-state index is 12.4. The third kappa shape index (κ3) is 6.58. The number of carbonyl (C=O) groups is 2. The van der Waals surface area contributed by atoms with E-state index in [-0.39, 0.29) is 30.6 Å². The number of amides is 2. The van der Waals surface area contributed by atoms with Crippen LogP contribution in [0.3, 0.4) is 0 Å². The molecule has 1 heterocycles. The normalized spacial score (nSPS) is 21.1. The van der Waals surface area contributed by atoms with Crippen molar-refractivity contribution in [3.05, 3.63) is 48.6 Å². The molecule has 0 radical (unpaired) electrons. The highest BCUT2D eigenvalue weighted by atomic mass is 16.5. The van der Waals surface area contributed by atoms with Crippen molar-refractivity contribution in [1.29, 1.82) is 0 Å². The van der Waals surface area contributed by atoms with Crippen molar-refractivity contribution < 1.29 is 19.4 Å². The van der Waals surface area contributed by atoms with Gasteiger partial charge in [-0.2, -0.15) is 0 Å². The number of carboxylic acids is 1. The molecule has 2 amide bonds. The summed E-state index contributed by atoms with van der Waals surface area (Å²) in [7, 11) is 0. The first-order chi connectivity index (χ1) is 12.1. The van der Waals surface area contributed by atoms with E-state index in [1.807, 2.05) is 30.3 Å². The van der Waals surface area contributed by atoms with Crippen molar-refractivity contribution in [2.24, 2.45) is 0 Å². The predicted molar refractivity (Wildman–Crippen MR) is 95.4 cm³/mol. The van der Waals surface area contributed by atoms with Crippen LogP contribution in [-0.2, 0) is 16.0 Å². The molecule has 3 N–H and O–H groups in total. The van der Waals surface area contributed by atoms with Gasteiger partial charge in [-0.1, -0.05) is 36.4 Å². The van der Waals surface area contributed by atoms with Crippen LogP contribution in [0.1, 0.15) is 31.2 Å². The number of hydrogen-bond donors (Lipinski definition) is 3. The van der Waals surface area contributed by atoms with Crippen LogP contribution in [0.25, 0.3) is 0 Å². The lowest BCUT2D eigenvalue weighted by Crippen LogP contribution is -2.52. The van der Waals surface area contributed by atoms with Gasteiger partial charge < -0.3 is 20.5 Å². The quantitative estimate of drug-likeness (QED) is 0.631. The Balaban J connectivity index is 1.93. The number of nitrogens with one attached hydrogen (secondary N) is 2. The summed E-state index contributed by atoms with van der Waals surface area (Å²) < 4.78 is 5.58. The smallest absolute Gasteiger partial charge is 0.315 e. The topological polar surface area (TPSA) is 87.7 Å². The Kier molecular flexibility index (Phi) is 7.47. The highest BCUT2D eigenvalue weighted by molar-refractivity contribution is 5.75. The number of urea groups is 1. The minimum Gasteiger partial charge on any atom is -0.481 e. The second-order valence-corrected chi connectivity index (χ2v) is 6.26. The average Bonchev–Trinajstić information content (AvgIpc) is 2.61. The van der Waals surface area contributed by atoms with E-state index in [4.69, 9.17) is 9.84 Å². The van der Waals surface area contributed by atoms with Gasteiger partial charge in [-0.15, -0.1) is 6.58 Å². The van der Waals surface area contributed by atoms with E-state index in [1.54, 1.807) is 6.08 Å². The van der Waals surface area contributed by atoms with Crippen LogP contribution in [0.5, 0.6) is 0 Å². The average molecular weight is 346 g/mol. The fourth-order valence-corrected chi connectivity index (χ4v) is 3.01. The second-order valence-electron chi connectivity index (χ2n) is 6.26. The molecule has 6 nitrogen and oxygen atoms in total. The van der Waals surface area contributed by atoms with Gasteiger partial charge in [0.15, 0.2) is 0 Å². The Hall–Kier alpha value is -2.34. The molecule has 1 aromatic rings. The minimum absolute atomic E-state index is 0.0135. The van der Waals surface area contributed by atoms with Gasteiger partial charge in [0.1, 0.15) is 0 Å². The zero-order valence-corrected chi connectivity index (χ0v) is 14.3. The predicted octanol–water partition coefficient (Wildman–Crippen LogP) is 2.50. The fraction of sp³-hybridized carbons (Fsp3) is 0.474. The third-order valence-corrected chi connectivity index (χ3v) is 4.28. The molecule has 3 atom stereocenters. The van der Waals surface area contributed by atoms with Crippen molar-refractivity contribution in [2.75, 3.05) is 6.61 Å². The summed E-state index contributed by atoms with van der Waals surface area (Å²) in [5, 5.41) is 14.8. The van der Waals surface area contributed by atoms with E-state index >= 15 is 0 Å². The summed E-state index contributed by atoms with van der Waals surface area (Å²) in [6.45, 7) is 4.42. The van der Waals surface area contributed by atoms with E-state index in [2.05, 4.69) is 17.2 Å². The summed E-state index contributed by atoms with van der Waals surface area (Å²) >= 11 is 0. The standard InChI is InChI=1S/C19H26N2O4/c1-2-17-16(9-6-12-25-17)21-19(24)20-15(10-11-18(22)23)13-14-7-4-3-5-8-14/h2-5,7-8,15-17H,1,6,9-13H2,(H,22,23)(H2,20,21,24)/t15?,16-,17+/m1/s1. The highest BCUT2D eigenvalue weighted by Crippen LogP contribution is 2.15. The Bertz CT molecular complexity index is 576. The largest absolute Gasteiger partial charge is 0.481 e. The molecule has 0 aromatic heterocycles. The molecule has 1 fully saturated rings. The van der Waals surface area contributed by atoms with Gasteiger partial charge in [-0.05, 0) is 31.2 Å². The number of rotatable bonds is 8. The Morgan fingerprint density at radius 1 is 1.36 bits per heavy atom. The van der Waals surface area contributed by atoms with Crippen molar-refractivity contribution in [3.8, 4) is 0 Å². The number of hydrogen-bond acceptors (Lipinski definition) is 3. The lowest BCUT2D eigenvalue weighted by atomic mass is 10.0. The zero-order chi connectivity index (χ0) is 18.1. The maximum Gasteiger partial charge on any atom is 0.315 e. The number of carbonyl (C=O) groups excluding carboxylic acids is 1. The van der Waals surface area contributed by atoms with E-state index in [1.165, 1.54) is 0 Å².